The molecule has 1 atom stereocenters. The topological polar surface area (TPSA) is 82.4 Å². The largest absolute Gasteiger partial charge is 0.486 e. The average molecular weight is 452 g/mol. The minimum atomic E-state index is 0.0503. The van der Waals surface area contributed by atoms with Crippen LogP contribution >= 0.6 is 11.8 Å². The number of aryl methyl sites for hydroxylation is 2. The quantitative estimate of drug-likeness (QED) is 0.549. The molecule has 0 N–H and O–H groups in total. The molecule has 0 saturated carbocycles. The fourth-order valence-corrected chi connectivity index (χ4v) is 5.17. The lowest BCUT2D eigenvalue weighted by Gasteiger charge is -2.26. The van der Waals surface area contributed by atoms with Gasteiger partial charge in [-0.1, -0.05) is 23.9 Å². The molecular weight excluding hydrogens is 426 g/mol. The smallest absolute Gasteiger partial charge is 0.233 e. The number of hydrogen-bond donors (Lipinski definition) is 0. The number of likely N-dealkylation sites (tertiary alicyclic amines) is 1. The van der Waals surface area contributed by atoms with Crippen LogP contribution in [0.15, 0.2) is 41.6 Å². The first-order valence-corrected chi connectivity index (χ1v) is 11.8. The Kier molecular flexibility index (Phi) is 5.73. The van der Waals surface area contributed by atoms with Crippen LogP contribution in [0.5, 0.6) is 11.5 Å². The van der Waals surface area contributed by atoms with E-state index in [0.29, 0.717) is 18.4 Å². The van der Waals surface area contributed by atoms with Gasteiger partial charge in [-0.05, 0) is 78.1 Å². The van der Waals surface area contributed by atoms with Crippen molar-refractivity contribution in [1.82, 2.24) is 25.1 Å². The molecule has 9 heteroatoms. The second-order valence-corrected chi connectivity index (χ2v) is 9.10. The van der Waals surface area contributed by atoms with Gasteiger partial charge in [-0.15, -0.1) is 5.10 Å². The van der Waals surface area contributed by atoms with Crippen molar-refractivity contribution in [3.8, 4) is 17.2 Å². The summed E-state index contributed by atoms with van der Waals surface area (Å²) in [7, 11) is 0. The van der Waals surface area contributed by atoms with Gasteiger partial charge < -0.3 is 14.4 Å². The van der Waals surface area contributed by atoms with Gasteiger partial charge in [0.15, 0.2) is 11.5 Å². The summed E-state index contributed by atoms with van der Waals surface area (Å²) < 4.78 is 13.1. The number of nitrogens with zero attached hydrogens (tertiary/aromatic N) is 5. The van der Waals surface area contributed by atoms with Crippen LogP contribution in [0.4, 0.5) is 0 Å². The Labute approximate surface area is 190 Å². The van der Waals surface area contributed by atoms with Crippen LogP contribution in [0.25, 0.3) is 5.69 Å². The molecule has 3 aromatic rings. The molecule has 32 heavy (non-hydrogen) atoms. The first kappa shape index (κ1) is 20.8. The first-order chi connectivity index (χ1) is 15.6. The molecule has 1 unspecified atom stereocenters. The zero-order valence-electron chi connectivity index (χ0n) is 18.2. The highest BCUT2D eigenvalue weighted by molar-refractivity contribution is 7.99. The van der Waals surface area contributed by atoms with E-state index in [2.05, 4.69) is 21.6 Å². The second kappa shape index (κ2) is 8.82. The zero-order valence-corrected chi connectivity index (χ0v) is 19.0. The minimum absolute atomic E-state index is 0.0503. The third-order valence-corrected chi connectivity index (χ3v) is 6.64. The highest BCUT2D eigenvalue weighted by atomic mass is 32.2. The molecule has 1 aromatic heterocycles. The molecule has 1 saturated heterocycles. The van der Waals surface area contributed by atoms with Gasteiger partial charge in [0.2, 0.25) is 11.1 Å². The highest BCUT2D eigenvalue weighted by Gasteiger charge is 2.31. The summed E-state index contributed by atoms with van der Waals surface area (Å²) in [5, 5.41) is 12.7. The van der Waals surface area contributed by atoms with Crippen LogP contribution in [0.3, 0.4) is 0 Å². The Morgan fingerprint density at radius 3 is 2.69 bits per heavy atom. The third kappa shape index (κ3) is 4.17. The van der Waals surface area contributed by atoms with E-state index in [0.717, 1.165) is 53.3 Å². The van der Waals surface area contributed by atoms with Crippen LogP contribution in [0.2, 0.25) is 0 Å². The van der Waals surface area contributed by atoms with E-state index in [1.807, 2.05) is 49.1 Å². The molecule has 5 rings (SSSR count). The van der Waals surface area contributed by atoms with Crippen LogP contribution in [0, 0.1) is 13.8 Å². The molecule has 3 heterocycles. The van der Waals surface area contributed by atoms with E-state index in [1.165, 1.54) is 11.8 Å². The number of ether oxygens (including phenoxy) is 2. The number of carbonyl (C=O) groups is 1. The molecule has 0 aliphatic carbocycles. The molecule has 0 radical (unpaired) electrons. The molecule has 2 aliphatic rings. The predicted octanol–water partition coefficient (Wildman–Crippen LogP) is 3.51. The van der Waals surface area contributed by atoms with E-state index in [-0.39, 0.29) is 17.7 Å². The fourth-order valence-electron chi connectivity index (χ4n) is 4.39. The van der Waals surface area contributed by atoms with Crippen molar-refractivity contribution in [2.24, 2.45) is 0 Å². The average Bonchev–Trinajstić information content (AvgIpc) is 3.46. The maximum absolute atomic E-state index is 13.1. The first-order valence-electron chi connectivity index (χ1n) is 10.8. The van der Waals surface area contributed by atoms with Crippen molar-refractivity contribution in [1.29, 1.82) is 0 Å². The number of hydrogen-bond acceptors (Lipinski definition) is 7. The fraction of sp³-hybridized carbons (Fsp3) is 0.391. The maximum atomic E-state index is 13.1. The summed E-state index contributed by atoms with van der Waals surface area (Å²) >= 11 is 1.37. The lowest BCUT2D eigenvalue weighted by molar-refractivity contribution is -0.129. The molecule has 0 bridgehead atoms. The normalized spacial score (nSPS) is 17.6. The highest BCUT2D eigenvalue weighted by Crippen LogP contribution is 2.38. The van der Waals surface area contributed by atoms with Gasteiger partial charge in [0.1, 0.15) is 13.2 Å². The monoisotopic (exact) mass is 451 g/mol. The SMILES string of the molecule is Cc1cc(C)cc(-n2nnnc2SCC(=O)N2CCCC2c2ccc3c(c2)OCCO3)c1. The molecule has 1 fully saturated rings. The van der Waals surface area contributed by atoms with Gasteiger partial charge in [0, 0.05) is 6.54 Å². The minimum Gasteiger partial charge on any atom is -0.486 e. The number of rotatable bonds is 5. The van der Waals surface area contributed by atoms with E-state index in [9.17, 15) is 4.79 Å². The van der Waals surface area contributed by atoms with E-state index < -0.39 is 0 Å². The summed E-state index contributed by atoms with van der Waals surface area (Å²) in [5.41, 5.74) is 4.27. The Bertz CT molecular complexity index is 1130. The van der Waals surface area contributed by atoms with Gasteiger partial charge in [-0.3, -0.25) is 4.79 Å². The van der Waals surface area contributed by atoms with Gasteiger partial charge in [0.05, 0.1) is 17.5 Å². The van der Waals surface area contributed by atoms with Crippen molar-refractivity contribution in [2.75, 3.05) is 25.5 Å². The lowest BCUT2D eigenvalue weighted by atomic mass is 10.0. The van der Waals surface area contributed by atoms with Crippen molar-refractivity contribution in [3.05, 3.63) is 53.1 Å². The van der Waals surface area contributed by atoms with Crippen LogP contribution in [-0.4, -0.2) is 56.5 Å². The maximum Gasteiger partial charge on any atom is 0.233 e. The summed E-state index contributed by atoms with van der Waals surface area (Å²) in [6.07, 6.45) is 1.92. The molecule has 166 valence electrons. The number of carbonyl (C=O) groups excluding carboxylic acids is 1. The zero-order chi connectivity index (χ0) is 22.1. The van der Waals surface area contributed by atoms with E-state index in [1.54, 1.807) is 4.68 Å². The van der Waals surface area contributed by atoms with Crippen molar-refractivity contribution in [3.63, 3.8) is 0 Å². The Morgan fingerprint density at radius 2 is 1.88 bits per heavy atom. The number of aromatic nitrogens is 4. The van der Waals surface area contributed by atoms with Gasteiger partial charge in [0.25, 0.3) is 0 Å². The molecule has 1 amide bonds. The Hall–Kier alpha value is -3.07. The summed E-state index contributed by atoms with van der Waals surface area (Å²) in [4.78, 5) is 15.1. The second-order valence-electron chi connectivity index (χ2n) is 8.16. The van der Waals surface area contributed by atoms with Gasteiger partial charge in [-0.25, -0.2) is 0 Å². The van der Waals surface area contributed by atoms with Gasteiger partial charge in [-0.2, -0.15) is 4.68 Å². The molecule has 2 aliphatic heterocycles. The number of amides is 1. The molecular formula is C23H25N5O3S. The van der Waals surface area contributed by atoms with Crippen molar-refractivity contribution < 1.29 is 14.3 Å². The number of thioether (sulfide) groups is 1. The Balaban J connectivity index is 1.29. The summed E-state index contributed by atoms with van der Waals surface area (Å²) in [6, 6.07) is 12.2. The lowest BCUT2D eigenvalue weighted by Crippen LogP contribution is -2.32. The van der Waals surface area contributed by atoms with Crippen LogP contribution < -0.4 is 9.47 Å². The van der Waals surface area contributed by atoms with Crippen LogP contribution in [-0.2, 0) is 4.79 Å². The molecule has 8 nitrogen and oxygen atoms in total. The Morgan fingerprint density at radius 1 is 1.09 bits per heavy atom. The van der Waals surface area contributed by atoms with Gasteiger partial charge >= 0.3 is 0 Å². The third-order valence-electron chi connectivity index (χ3n) is 5.74. The van der Waals surface area contributed by atoms with Crippen LogP contribution in [0.1, 0.15) is 35.6 Å². The summed E-state index contributed by atoms with van der Waals surface area (Å²) in [6.45, 7) is 5.96. The number of fused-ring (bicyclic) bond motifs is 1. The van der Waals surface area contributed by atoms with E-state index in [4.69, 9.17) is 9.47 Å². The molecule has 2 aromatic carbocycles. The predicted molar refractivity (Wildman–Crippen MR) is 120 cm³/mol. The standard InChI is InChI=1S/C23H25N5O3S/c1-15-10-16(2)12-18(11-15)28-23(24-25-26-28)32-14-22(29)27-7-3-4-19(27)17-5-6-20-21(13-17)31-9-8-30-20/h5-6,10-13,19H,3-4,7-9,14H2,1-2H3. The molecule has 0 spiro atoms. The number of tetrazole rings is 1. The van der Waals surface area contributed by atoms with Crippen molar-refractivity contribution in [2.45, 2.75) is 37.9 Å². The number of benzene rings is 2. The summed E-state index contributed by atoms with van der Waals surface area (Å²) in [5.74, 6) is 1.90. The van der Waals surface area contributed by atoms with Crippen molar-refractivity contribution >= 4 is 17.7 Å². The van der Waals surface area contributed by atoms with E-state index >= 15 is 0 Å².